The molecule has 0 saturated heterocycles. The highest BCUT2D eigenvalue weighted by molar-refractivity contribution is 5.23. The molecular weight excluding hydrogens is 255 g/mol. The normalized spacial score (nSPS) is 11.7. The molecule has 0 amide bonds. The van der Waals surface area contributed by atoms with Gasteiger partial charge in [-0.3, -0.25) is 5.84 Å². The number of nitrogens with zero attached hydrogens (tertiary/aromatic N) is 1. The smallest absolute Gasteiger partial charge is 0.384 e. The largest absolute Gasteiger partial charge is 0.393 e. The Morgan fingerprint density at radius 1 is 1.26 bits per heavy atom. The minimum Gasteiger partial charge on any atom is -0.384 e. The van der Waals surface area contributed by atoms with Gasteiger partial charge in [0, 0.05) is 19.3 Å². The van der Waals surface area contributed by atoms with Crippen LogP contribution in [-0.2, 0) is 13.0 Å². The van der Waals surface area contributed by atoms with E-state index in [9.17, 15) is 13.2 Å². The molecule has 0 fully saturated rings. The first kappa shape index (κ1) is 15.5. The van der Waals surface area contributed by atoms with E-state index in [1.54, 1.807) is 19.2 Å². The van der Waals surface area contributed by atoms with E-state index in [4.69, 9.17) is 5.84 Å². The summed E-state index contributed by atoms with van der Waals surface area (Å²) in [6, 6.07) is 6.33. The molecule has 1 aromatic carbocycles. The lowest BCUT2D eigenvalue weighted by atomic mass is 10.1. The SMILES string of the molecule is C=C(CN(C)N)NCc1ccc(CC(F)(F)F)cc1. The Bertz CT molecular complexity index is 410. The zero-order chi connectivity index (χ0) is 14.5. The minimum atomic E-state index is -4.17. The van der Waals surface area contributed by atoms with Gasteiger partial charge in [0.1, 0.15) is 0 Å². The van der Waals surface area contributed by atoms with Crippen molar-refractivity contribution in [2.45, 2.75) is 19.1 Å². The number of alkyl halides is 3. The number of rotatable bonds is 6. The molecule has 6 heteroatoms. The molecular formula is C13H18F3N3. The van der Waals surface area contributed by atoms with Gasteiger partial charge >= 0.3 is 6.18 Å². The number of likely N-dealkylation sites (N-methyl/N-ethyl adjacent to an activating group) is 1. The van der Waals surface area contributed by atoms with Crippen molar-refractivity contribution in [3.8, 4) is 0 Å². The molecule has 0 aromatic heterocycles. The average Bonchev–Trinajstić information content (AvgIpc) is 2.25. The Hall–Kier alpha value is -1.53. The maximum Gasteiger partial charge on any atom is 0.393 e. The van der Waals surface area contributed by atoms with E-state index in [0.717, 1.165) is 11.3 Å². The molecule has 0 aliphatic heterocycles. The first-order chi connectivity index (χ1) is 8.76. The van der Waals surface area contributed by atoms with Crippen molar-refractivity contribution in [1.82, 2.24) is 10.3 Å². The number of hydrogen-bond acceptors (Lipinski definition) is 3. The minimum absolute atomic E-state index is 0.261. The number of nitrogens with two attached hydrogens (primary N) is 1. The monoisotopic (exact) mass is 273 g/mol. The maximum absolute atomic E-state index is 12.2. The molecule has 19 heavy (non-hydrogen) atoms. The van der Waals surface area contributed by atoms with Crippen LogP contribution >= 0.6 is 0 Å². The third-order valence-corrected chi connectivity index (χ3v) is 2.41. The fourth-order valence-electron chi connectivity index (χ4n) is 1.59. The average molecular weight is 273 g/mol. The lowest BCUT2D eigenvalue weighted by Gasteiger charge is -2.14. The van der Waals surface area contributed by atoms with Crippen LogP contribution in [0.15, 0.2) is 36.5 Å². The lowest BCUT2D eigenvalue weighted by Crippen LogP contribution is -2.31. The van der Waals surface area contributed by atoms with Crippen LogP contribution in [0.2, 0.25) is 0 Å². The van der Waals surface area contributed by atoms with E-state index in [-0.39, 0.29) is 5.56 Å². The van der Waals surface area contributed by atoms with Crippen molar-refractivity contribution in [3.05, 3.63) is 47.7 Å². The van der Waals surface area contributed by atoms with Gasteiger partial charge in [-0.2, -0.15) is 13.2 Å². The maximum atomic E-state index is 12.2. The number of hydrogen-bond donors (Lipinski definition) is 2. The van der Waals surface area contributed by atoms with Crippen molar-refractivity contribution in [1.29, 1.82) is 0 Å². The Balaban J connectivity index is 2.46. The van der Waals surface area contributed by atoms with Crippen molar-refractivity contribution in [2.24, 2.45) is 5.84 Å². The summed E-state index contributed by atoms with van der Waals surface area (Å²) in [5, 5.41) is 4.55. The summed E-state index contributed by atoms with van der Waals surface area (Å²) in [4.78, 5) is 0. The second-order valence-electron chi connectivity index (χ2n) is 4.48. The first-order valence-electron chi connectivity index (χ1n) is 5.78. The summed E-state index contributed by atoms with van der Waals surface area (Å²) in [6.07, 6.45) is -5.06. The highest BCUT2D eigenvalue weighted by Crippen LogP contribution is 2.21. The summed E-state index contributed by atoms with van der Waals surface area (Å²) >= 11 is 0. The Morgan fingerprint density at radius 3 is 2.26 bits per heavy atom. The van der Waals surface area contributed by atoms with Gasteiger partial charge in [0.15, 0.2) is 0 Å². The van der Waals surface area contributed by atoms with Crippen LogP contribution < -0.4 is 11.2 Å². The van der Waals surface area contributed by atoms with Crippen LogP contribution in [0, 0.1) is 0 Å². The number of nitrogens with one attached hydrogen (secondary N) is 1. The second kappa shape index (κ2) is 6.58. The third kappa shape index (κ3) is 6.83. The van der Waals surface area contributed by atoms with Crippen LogP contribution in [0.5, 0.6) is 0 Å². The molecule has 0 saturated carbocycles. The predicted octanol–water partition coefficient (Wildman–Crippen LogP) is 2.20. The summed E-state index contributed by atoms with van der Waals surface area (Å²) in [6.45, 7) is 4.81. The Kier molecular flexibility index (Phi) is 5.38. The molecule has 0 aliphatic rings. The molecule has 1 aromatic rings. The van der Waals surface area contributed by atoms with Crippen molar-refractivity contribution < 1.29 is 13.2 Å². The van der Waals surface area contributed by atoms with Crippen LogP contribution in [0.25, 0.3) is 0 Å². The van der Waals surface area contributed by atoms with Crippen LogP contribution in [0.3, 0.4) is 0 Å². The molecule has 3 nitrogen and oxygen atoms in total. The second-order valence-corrected chi connectivity index (χ2v) is 4.48. The van der Waals surface area contributed by atoms with E-state index in [0.29, 0.717) is 13.1 Å². The Labute approximate surface area is 110 Å². The predicted molar refractivity (Wildman–Crippen MR) is 69.0 cm³/mol. The van der Waals surface area contributed by atoms with Gasteiger partial charge in [-0.05, 0) is 11.1 Å². The first-order valence-corrected chi connectivity index (χ1v) is 5.78. The summed E-state index contributed by atoms with van der Waals surface area (Å²) in [7, 11) is 1.72. The molecule has 106 valence electrons. The van der Waals surface area contributed by atoms with Crippen LogP contribution in [0.4, 0.5) is 13.2 Å². The van der Waals surface area contributed by atoms with E-state index in [1.807, 2.05) is 0 Å². The molecule has 0 atom stereocenters. The standard InChI is InChI=1S/C13H18F3N3/c1-10(9-19(2)17)18-8-12-5-3-11(4-6-12)7-13(14,15)16/h3-6,18H,1,7-9,17H2,2H3. The van der Waals surface area contributed by atoms with Gasteiger partial charge in [-0.15, -0.1) is 0 Å². The van der Waals surface area contributed by atoms with Gasteiger partial charge in [0.25, 0.3) is 0 Å². The zero-order valence-electron chi connectivity index (χ0n) is 10.8. The molecule has 0 aliphatic carbocycles. The quantitative estimate of drug-likeness (QED) is 0.616. The molecule has 0 heterocycles. The molecule has 3 N–H and O–H groups in total. The Morgan fingerprint density at radius 2 is 1.79 bits per heavy atom. The van der Waals surface area contributed by atoms with E-state index in [1.165, 1.54) is 17.1 Å². The van der Waals surface area contributed by atoms with Gasteiger partial charge in [-0.25, -0.2) is 5.01 Å². The molecule has 0 spiro atoms. The highest BCUT2D eigenvalue weighted by Gasteiger charge is 2.27. The van der Waals surface area contributed by atoms with Crippen LogP contribution in [-0.4, -0.2) is 24.8 Å². The van der Waals surface area contributed by atoms with Gasteiger partial charge < -0.3 is 5.32 Å². The molecule has 1 rings (SSSR count). The van der Waals surface area contributed by atoms with Gasteiger partial charge in [0.2, 0.25) is 0 Å². The number of hydrazine groups is 1. The summed E-state index contributed by atoms with van der Waals surface area (Å²) < 4.78 is 36.5. The third-order valence-electron chi connectivity index (χ3n) is 2.41. The summed E-state index contributed by atoms with van der Waals surface area (Å²) in [5.41, 5.74) is 1.91. The molecule has 0 radical (unpaired) electrons. The zero-order valence-corrected chi connectivity index (χ0v) is 10.8. The fourth-order valence-corrected chi connectivity index (χ4v) is 1.59. The lowest BCUT2D eigenvalue weighted by molar-refractivity contribution is -0.127. The van der Waals surface area contributed by atoms with Gasteiger partial charge in [-0.1, -0.05) is 30.8 Å². The molecule has 0 unspecified atom stereocenters. The number of halogens is 3. The van der Waals surface area contributed by atoms with E-state index < -0.39 is 12.6 Å². The van der Waals surface area contributed by atoms with Crippen LogP contribution in [0.1, 0.15) is 11.1 Å². The van der Waals surface area contributed by atoms with Gasteiger partial charge in [0.05, 0.1) is 13.0 Å². The topological polar surface area (TPSA) is 41.3 Å². The fraction of sp³-hybridized carbons (Fsp3) is 0.385. The van der Waals surface area contributed by atoms with Crippen molar-refractivity contribution >= 4 is 0 Å². The van der Waals surface area contributed by atoms with Crippen molar-refractivity contribution in [2.75, 3.05) is 13.6 Å². The summed E-state index contributed by atoms with van der Waals surface area (Å²) in [5.74, 6) is 5.47. The van der Waals surface area contributed by atoms with Crippen molar-refractivity contribution in [3.63, 3.8) is 0 Å². The van der Waals surface area contributed by atoms with E-state index in [2.05, 4.69) is 11.9 Å². The molecule has 0 bridgehead atoms. The van der Waals surface area contributed by atoms with E-state index >= 15 is 0 Å². The highest BCUT2D eigenvalue weighted by atomic mass is 19.4. The number of benzene rings is 1.